The molecule has 5 N–H and O–H groups in total. The van der Waals surface area contributed by atoms with Crippen molar-refractivity contribution in [2.24, 2.45) is 11.5 Å². The molecule has 1 atom stereocenters. The zero-order chi connectivity index (χ0) is 9.56. The lowest BCUT2D eigenvalue weighted by atomic mass is 10.2. The van der Waals surface area contributed by atoms with E-state index < -0.39 is 17.9 Å². The Kier molecular flexibility index (Phi) is 9.43. The Balaban J connectivity index is 0. The van der Waals surface area contributed by atoms with E-state index >= 15 is 0 Å². The summed E-state index contributed by atoms with van der Waals surface area (Å²) < 4.78 is 0. The summed E-state index contributed by atoms with van der Waals surface area (Å²) in [4.78, 5) is 20.4. The summed E-state index contributed by atoms with van der Waals surface area (Å²) in [6, 6.07) is -0.661. The number of hydrogen-bond acceptors (Lipinski definition) is 4. The van der Waals surface area contributed by atoms with Gasteiger partial charge in [-0.25, -0.2) is 0 Å². The van der Waals surface area contributed by atoms with Crippen molar-refractivity contribution in [3.63, 3.8) is 0 Å². The number of carbonyl (C=O) groups is 2. The first kappa shape index (κ1) is 15.0. The normalized spacial score (nSPS) is 11.5. The maximum absolute atomic E-state index is 10.4. The van der Waals surface area contributed by atoms with Crippen LogP contribution in [0.4, 0.5) is 0 Å². The summed E-state index contributed by atoms with van der Waals surface area (Å²) in [6.45, 7) is 0. The molecule has 0 saturated carbocycles. The summed E-state index contributed by atoms with van der Waals surface area (Å²) in [5.74, 6) is -0.847. The Morgan fingerprint density at radius 3 is 2.38 bits per heavy atom. The molecule has 5 nitrogen and oxygen atoms in total. The van der Waals surface area contributed by atoms with Gasteiger partial charge in [-0.05, 0) is 12.2 Å². The molecule has 0 rings (SSSR count). The van der Waals surface area contributed by atoms with Crippen molar-refractivity contribution >= 4 is 36.0 Å². The highest BCUT2D eigenvalue weighted by Crippen LogP contribution is 2.03. The summed E-state index contributed by atoms with van der Waals surface area (Å²) >= 11 is 1.22. The van der Waals surface area contributed by atoms with Crippen LogP contribution in [0.2, 0.25) is 0 Å². The molecule has 0 aromatic carbocycles. The third kappa shape index (κ3) is 9.45. The minimum absolute atomic E-state index is 0. The van der Waals surface area contributed by atoms with Gasteiger partial charge in [-0.2, -0.15) is 11.8 Å². The second kappa shape index (κ2) is 8.15. The fraction of sp³-hybridized carbons (Fsp3) is 0.667. The van der Waals surface area contributed by atoms with E-state index in [1.165, 1.54) is 11.8 Å². The van der Waals surface area contributed by atoms with Gasteiger partial charge in [-0.1, -0.05) is 0 Å². The Morgan fingerprint density at radius 1 is 1.46 bits per heavy atom. The molecule has 13 heavy (non-hydrogen) atoms. The molecule has 0 unspecified atom stereocenters. The number of halogens is 1. The lowest BCUT2D eigenvalue weighted by molar-refractivity contribution is -0.133. The molecule has 0 bridgehead atoms. The lowest BCUT2D eigenvalue weighted by Crippen LogP contribution is -2.36. The molecule has 1 amide bonds. The Bertz CT molecular complexity index is 179. The number of carbonyl (C=O) groups excluding carboxylic acids is 1. The quantitative estimate of drug-likeness (QED) is 0.528. The van der Waals surface area contributed by atoms with Gasteiger partial charge in [0, 0.05) is 0 Å². The third-order valence-corrected chi connectivity index (χ3v) is 2.14. The minimum atomic E-state index is -0.868. The average Bonchev–Trinajstić information content (AvgIpc) is 1.97. The summed E-state index contributed by atoms with van der Waals surface area (Å²) in [6.07, 6.45) is 0.424. The van der Waals surface area contributed by atoms with E-state index in [2.05, 4.69) is 0 Å². The molecule has 0 aromatic rings. The monoisotopic (exact) mass is 228 g/mol. The summed E-state index contributed by atoms with van der Waals surface area (Å²) in [7, 11) is 0. The van der Waals surface area contributed by atoms with Crippen LogP contribution in [0.3, 0.4) is 0 Å². The number of amides is 1. The number of carboxylic acids is 1. The molecule has 0 radical (unpaired) electrons. The van der Waals surface area contributed by atoms with E-state index in [1.54, 1.807) is 0 Å². The summed E-state index contributed by atoms with van der Waals surface area (Å²) in [5, 5.41) is 8.24. The second-order valence-corrected chi connectivity index (χ2v) is 3.35. The second-order valence-electron chi connectivity index (χ2n) is 2.24. The molecule has 0 heterocycles. The molecule has 0 aliphatic rings. The lowest BCUT2D eigenvalue weighted by Gasteiger charge is -2.04. The topological polar surface area (TPSA) is 106 Å². The third-order valence-electron chi connectivity index (χ3n) is 1.16. The van der Waals surface area contributed by atoms with Crippen molar-refractivity contribution in [2.45, 2.75) is 12.5 Å². The molecule has 0 saturated heterocycles. The number of nitrogens with two attached hydrogens (primary N) is 2. The van der Waals surface area contributed by atoms with Crippen molar-refractivity contribution in [1.82, 2.24) is 0 Å². The fourth-order valence-electron chi connectivity index (χ4n) is 0.512. The molecular formula is C6H13ClN2O3S. The van der Waals surface area contributed by atoms with Crippen molar-refractivity contribution in [1.29, 1.82) is 0 Å². The zero-order valence-electron chi connectivity index (χ0n) is 6.93. The number of thioether (sulfide) groups is 1. The van der Waals surface area contributed by atoms with Crippen molar-refractivity contribution in [2.75, 3.05) is 11.5 Å². The predicted molar refractivity (Wildman–Crippen MR) is 54.0 cm³/mol. The number of hydrogen-bond donors (Lipinski definition) is 3. The van der Waals surface area contributed by atoms with Gasteiger partial charge in [-0.3, -0.25) is 9.59 Å². The van der Waals surface area contributed by atoms with Gasteiger partial charge in [0.15, 0.2) is 0 Å². The SMILES string of the molecule is Cl.NC(=O)[C@@H](N)CCSCC(=O)O. The van der Waals surface area contributed by atoms with Gasteiger partial charge in [0.05, 0.1) is 11.8 Å². The number of carboxylic acid groups (broad SMARTS) is 1. The molecule has 0 aliphatic carbocycles. The van der Waals surface area contributed by atoms with Gasteiger partial charge in [0.1, 0.15) is 0 Å². The van der Waals surface area contributed by atoms with E-state index in [4.69, 9.17) is 16.6 Å². The number of primary amides is 1. The standard InChI is InChI=1S/C6H12N2O3S.ClH/c7-4(6(8)11)1-2-12-3-5(9)10;/h4H,1-3,7H2,(H2,8,11)(H,9,10);1H/t4-;/m0./s1. The van der Waals surface area contributed by atoms with Crippen LogP contribution in [0.1, 0.15) is 6.42 Å². The van der Waals surface area contributed by atoms with Gasteiger partial charge < -0.3 is 16.6 Å². The van der Waals surface area contributed by atoms with Crippen molar-refractivity contribution < 1.29 is 14.7 Å². The van der Waals surface area contributed by atoms with E-state index in [0.717, 1.165) is 0 Å². The summed E-state index contributed by atoms with van der Waals surface area (Å²) in [5.41, 5.74) is 10.2. The van der Waals surface area contributed by atoms with Crippen molar-refractivity contribution in [3.8, 4) is 0 Å². The van der Waals surface area contributed by atoms with Gasteiger partial charge in [0.25, 0.3) is 0 Å². The molecule has 7 heteroatoms. The zero-order valence-corrected chi connectivity index (χ0v) is 8.57. The van der Waals surface area contributed by atoms with E-state index in [0.29, 0.717) is 12.2 Å². The van der Waals surface area contributed by atoms with Crippen LogP contribution >= 0.6 is 24.2 Å². The Morgan fingerprint density at radius 2 is 2.00 bits per heavy atom. The first-order valence-corrected chi connectivity index (χ1v) is 4.54. The minimum Gasteiger partial charge on any atom is -0.481 e. The molecule has 0 fully saturated rings. The Labute approximate surface area is 86.6 Å². The van der Waals surface area contributed by atoms with E-state index in [1.807, 2.05) is 0 Å². The largest absolute Gasteiger partial charge is 0.481 e. The van der Waals surface area contributed by atoms with Crippen LogP contribution in [0, 0.1) is 0 Å². The van der Waals surface area contributed by atoms with Gasteiger partial charge in [-0.15, -0.1) is 12.4 Å². The number of rotatable bonds is 6. The van der Waals surface area contributed by atoms with Gasteiger partial charge >= 0.3 is 5.97 Å². The smallest absolute Gasteiger partial charge is 0.313 e. The molecule has 0 aliphatic heterocycles. The first-order chi connectivity index (χ1) is 5.54. The highest BCUT2D eigenvalue weighted by Gasteiger charge is 2.08. The first-order valence-electron chi connectivity index (χ1n) is 3.38. The van der Waals surface area contributed by atoms with E-state index in [9.17, 15) is 9.59 Å². The van der Waals surface area contributed by atoms with Crippen LogP contribution in [0.15, 0.2) is 0 Å². The van der Waals surface area contributed by atoms with Crippen LogP contribution in [0.25, 0.3) is 0 Å². The highest BCUT2D eigenvalue weighted by molar-refractivity contribution is 7.99. The molecular weight excluding hydrogens is 216 g/mol. The van der Waals surface area contributed by atoms with Crippen LogP contribution in [0.5, 0.6) is 0 Å². The molecule has 0 aromatic heterocycles. The maximum Gasteiger partial charge on any atom is 0.313 e. The average molecular weight is 229 g/mol. The van der Waals surface area contributed by atoms with Crippen molar-refractivity contribution in [3.05, 3.63) is 0 Å². The molecule has 78 valence electrons. The highest BCUT2D eigenvalue weighted by atomic mass is 35.5. The van der Waals surface area contributed by atoms with Crippen LogP contribution in [-0.4, -0.2) is 34.5 Å². The predicted octanol–water partition coefficient (Wildman–Crippen LogP) is -0.571. The van der Waals surface area contributed by atoms with Gasteiger partial charge in [0.2, 0.25) is 5.91 Å². The van der Waals surface area contributed by atoms with Crippen LogP contribution < -0.4 is 11.5 Å². The van der Waals surface area contributed by atoms with E-state index in [-0.39, 0.29) is 18.2 Å². The number of aliphatic carboxylic acids is 1. The Hall–Kier alpha value is -0.460. The maximum atomic E-state index is 10.4. The fourth-order valence-corrected chi connectivity index (χ4v) is 1.25. The van der Waals surface area contributed by atoms with Crippen LogP contribution in [-0.2, 0) is 9.59 Å². The molecule has 0 spiro atoms.